The normalized spacial score (nSPS) is 21.1. The Hall–Kier alpha value is -1.34. The summed E-state index contributed by atoms with van der Waals surface area (Å²) in [6.07, 6.45) is 0. The van der Waals surface area contributed by atoms with Crippen molar-refractivity contribution >= 4 is 33.1 Å². The third kappa shape index (κ3) is 2.28. The monoisotopic (exact) mass is 371 g/mol. The molecular weight excluding hydrogens is 360 g/mol. The third-order valence-corrected chi connectivity index (χ3v) is 4.44. The van der Waals surface area contributed by atoms with Crippen molar-refractivity contribution in [2.24, 2.45) is 0 Å². The van der Waals surface area contributed by atoms with E-state index >= 15 is 0 Å². The van der Waals surface area contributed by atoms with E-state index in [-0.39, 0.29) is 22.2 Å². The van der Waals surface area contributed by atoms with Gasteiger partial charge in [0.2, 0.25) is 0 Å². The van der Waals surface area contributed by atoms with E-state index in [2.05, 4.69) is 26.3 Å². The topological polar surface area (TPSA) is 29.9 Å². The summed E-state index contributed by atoms with van der Waals surface area (Å²) in [6.45, 7) is 3.70. The smallest absolute Gasteiger partial charge is 0.174 e. The van der Waals surface area contributed by atoms with Crippen molar-refractivity contribution in [3.63, 3.8) is 0 Å². The highest BCUT2D eigenvalue weighted by atomic mass is 79.9. The summed E-state index contributed by atoms with van der Waals surface area (Å²) in [7, 11) is 0. The van der Waals surface area contributed by atoms with Crippen LogP contribution in [0.4, 0.5) is 8.78 Å². The van der Waals surface area contributed by atoms with E-state index < -0.39 is 11.4 Å². The fourth-order valence-corrected chi connectivity index (χ4v) is 3.39. The van der Waals surface area contributed by atoms with E-state index in [1.807, 2.05) is 6.92 Å². The molecule has 0 saturated carbocycles. The zero-order valence-electron chi connectivity index (χ0n) is 11.4. The maximum Gasteiger partial charge on any atom is 0.174 e. The van der Waals surface area contributed by atoms with Crippen LogP contribution in [0.15, 0.2) is 22.7 Å². The first-order valence-electron chi connectivity index (χ1n) is 6.33. The summed E-state index contributed by atoms with van der Waals surface area (Å²) in [6, 6.07) is 4.72. The van der Waals surface area contributed by atoms with E-state index in [0.717, 1.165) is 4.47 Å². The molecule has 3 nitrogen and oxygen atoms in total. The first-order chi connectivity index (χ1) is 9.82. The third-order valence-electron chi connectivity index (χ3n) is 3.65. The minimum Gasteiger partial charge on any atom is -0.363 e. The molecule has 0 spiro atoms. The Bertz CT molecular complexity index is 759. The van der Waals surface area contributed by atoms with Crippen LogP contribution < -0.4 is 5.32 Å². The molecule has 0 unspecified atom stereocenters. The molecule has 2 heterocycles. The molecule has 1 atom stereocenters. The molecule has 1 aliphatic heterocycles. The Balaban J connectivity index is 2.12. The van der Waals surface area contributed by atoms with Gasteiger partial charge in [-0.3, -0.25) is 4.68 Å². The highest BCUT2D eigenvalue weighted by Gasteiger charge is 2.38. The second-order valence-electron chi connectivity index (χ2n) is 5.32. The molecule has 0 aliphatic carbocycles. The van der Waals surface area contributed by atoms with Crippen LogP contribution in [0.3, 0.4) is 0 Å². The van der Waals surface area contributed by atoms with Gasteiger partial charge in [0.1, 0.15) is 16.5 Å². The summed E-state index contributed by atoms with van der Waals surface area (Å²) >= 11 is 8.58. The molecule has 0 saturated heterocycles. The van der Waals surface area contributed by atoms with E-state index in [4.69, 9.17) is 12.2 Å². The maximum absolute atomic E-state index is 14.2. The maximum atomic E-state index is 14.2. The van der Waals surface area contributed by atoms with Crippen LogP contribution >= 0.6 is 28.1 Å². The SMILES string of the molecule is Cc1nn2c(c1F)C(=S)N[C@](C)(c1cc(Br)ccc1F)C2. The summed E-state index contributed by atoms with van der Waals surface area (Å²) in [5, 5.41) is 7.21. The van der Waals surface area contributed by atoms with Gasteiger partial charge in [0.25, 0.3) is 0 Å². The number of thiocarbonyl (C=S) groups is 1. The molecule has 7 heteroatoms. The van der Waals surface area contributed by atoms with Gasteiger partial charge in [0.15, 0.2) is 5.82 Å². The number of nitrogens with one attached hydrogen (secondary N) is 1. The molecule has 0 amide bonds. The quantitative estimate of drug-likeness (QED) is 0.778. The lowest BCUT2D eigenvalue weighted by Gasteiger charge is -2.37. The minimum atomic E-state index is -0.789. The lowest BCUT2D eigenvalue weighted by atomic mass is 9.90. The molecule has 1 N–H and O–H groups in total. The standard InChI is InChI=1S/C14H12BrF2N3S/c1-7-11(17)12-13(21)18-14(2,6-20(12)19-7)9-5-8(15)3-4-10(9)16/h3-5H,6H2,1-2H3,(H,18,21)/t14-/m0/s1. The first-order valence-corrected chi connectivity index (χ1v) is 7.53. The molecular formula is C14H12BrF2N3S. The minimum absolute atomic E-state index is 0.237. The van der Waals surface area contributed by atoms with Crippen molar-refractivity contribution in [2.45, 2.75) is 25.9 Å². The number of aromatic nitrogens is 2. The second kappa shape index (κ2) is 4.84. The van der Waals surface area contributed by atoms with E-state index in [1.165, 1.54) is 10.7 Å². The Morgan fingerprint density at radius 1 is 1.43 bits per heavy atom. The van der Waals surface area contributed by atoms with Crippen LogP contribution in [0.25, 0.3) is 0 Å². The fourth-order valence-electron chi connectivity index (χ4n) is 2.61. The van der Waals surface area contributed by atoms with Crippen molar-refractivity contribution in [3.8, 4) is 0 Å². The zero-order valence-corrected chi connectivity index (χ0v) is 13.8. The average molecular weight is 372 g/mol. The molecule has 0 fully saturated rings. The molecule has 3 rings (SSSR count). The number of hydrogen-bond donors (Lipinski definition) is 1. The highest BCUT2D eigenvalue weighted by Crippen LogP contribution is 2.32. The number of fused-ring (bicyclic) bond motifs is 1. The first kappa shape index (κ1) is 14.6. The fraction of sp³-hybridized carbons (Fsp3) is 0.286. The molecule has 1 aromatic carbocycles. The average Bonchev–Trinajstić information content (AvgIpc) is 2.67. The summed E-state index contributed by atoms with van der Waals surface area (Å²) < 4.78 is 30.4. The molecule has 0 bridgehead atoms. The van der Waals surface area contributed by atoms with Gasteiger partial charge in [-0.15, -0.1) is 0 Å². The second-order valence-corrected chi connectivity index (χ2v) is 6.64. The Morgan fingerprint density at radius 2 is 2.14 bits per heavy atom. The molecule has 1 aliphatic rings. The molecule has 110 valence electrons. The number of hydrogen-bond acceptors (Lipinski definition) is 2. The van der Waals surface area contributed by atoms with Gasteiger partial charge in [-0.05, 0) is 32.0 Å². The number of aryl methyl sites for hydroxylation is 1. The van der Waals surface area contributed by atoms with Crippen molar-refractivity contribution in [1.82, 2.24) is 15.1 Å². The van der Waals surface area contributed by atoms with Crippen molar-refractivity contribution in [3.05, 3.63) is 51.3 Å². The largest absolute Gasteiger partial charge is 0.363 e. The van der Waals surface area contributed by atoms with E-state index in [1.54, 1.807) is 19.1 Å². The van der Waals surface area contributed by atoms with E-state index in [9.17, 15) is 8.78 Å². The number of nitrogens with zero attached hydrogens (tertiary/aromatic N) is 2. The Morgan fingerprint density at radius 3 is 2.86 bits per heavy atom. The van der Waals surface area contributed by atoms with Crippen LogP contribution in [-0.4, -0.2) is 14.8 Å². The Labute approximate surface area is 134 Å². The molecule has 0 radical (unpaired) electrons. The predicted octanol–water partition coefficient (Wildman–Crippen LogP) is 3.43. The lowest BCUT2D eigenvalue weighted by molar-refractivity contribution is 0.319. The summed E-state index contributed by atoms with van der Waals surface area (Å²) in [4.78, 5) is 0.237. The van der Waals surface area contributed by atoms with Gasteiger partial charge in [0, 0.05) is 10.0 Å². The van der Waals surface area contributed by atoms with Gasteiger partial charge in [0.05, 0.1) is 17.8 Å². The Kier molecular flexibility index (Phi) is 3.37. The summed E-state index contributed by atoms with van der Waals surface area (Å²) in [5.41, 5.74) is 0.213. The van der Waals surface area contributed by atoms with Crippen molar-refractivity contribution in [1.29, 1.82) is 0 Å². The van der Waals surface area contributed by atoms with Gasteiger partial charge < -0.3 is 5.32 Å². The number of halogens is 3. The number of rotatable bonds is 1. The predicted molar refractivity (Wildman–Crippen MR) is 83.2 cm³/mol. The molecule has 2 aromatic rings. The van der Waals surface area contributed by atoms with Crippen molar-refractivity contribution in [2.75, 3.05) is 0 Å². The van der Waals surface area contributed by atoms with Gasteiger partial charge in [-0.2, -0.15) is 5.10 Å². The van der Waals surface area contributed by atoms with Crippen LogP contribution in [-0.2, 0) is 12.1 Å². The lowest BCUT2D eigenvalue weighted by Crippen LogP contribution is -2.52. The van der Waals surface area contributed by atoms with Crippen molar-refractivity contribution < 1.29 is 8.78 Å². The van der Waals surface area contributed by atoms with Crippen LogP contribution in [0.2, 0.25) is 0 Å². The van der Waals surface area contributed by atoms with Crippen LogP contribution in [0.5, 0.6) is 0 Å². The zero-order chi connectivity index (χ0) is 15.4. The van der Waals surface area contributed by atoms with Gasteiger partial charge >= 0.3 is 0 Å². The summed E-state index contributed by atoms with van der Waals surface area (Å²) in [5.74, 6) is -0.770. The number of benzene rings is 1. The van der Waals surface area contributed by atoms with Gasteiger partial charge in [-0.1, -0.05) is 28.1 Å². The van der Waals surface area contributed by atoms with Gasteiger partial charge in [-0.25, -0.2) is 8.78 Å². The van der Waals surface area contributed by atoms with Crippen LogP contribution in [0.1, 0.15) is 23.9 Å². The van der Waals surface area contributed by atoms with Crippen LogP contribution in [0, 0.1) is 18.6 Å². The molecule has 1 aromatic heterocycles. The molecule has 21 heavy (non-hydrogen) atoms. The van der Waals surface area contributed by atoms with E-state index in [0.29, 0.717) is 12.1 Å². The highest BCUT2D eigenvalue weighted by molar-refractivity contribution is 9.10.